The van der Waals surface area contributed by atoms with Gasteiger partial charge in [0, 0.05) is 20.3 Å². The third-order valence-corrected chi connectivity index (χ3v) is 2.33. The summed E-state index contributed by atoms with van der Waals surface area (Å²) >= 11 is 0. The zero-order valence-electron chi connectivity index (χ0n) is 9.62. The highest BCUT2D eigenvalue weighted by molar-refractivity contribution is 5.95. The smallest absolute Gasteiger partial charge is 0.337 e. The zero-order chi connectivity index (χ0) is 12.0. The first kappa shape index (κ1) is 12.5. The molecule has 0 bridgehead atoms. The Kier molecular flexibility index (Phi) is 4.79. The molecule has 4 nitrogen and oxygen atoms in total. The van der Waals surface area contributed by atoms with Crippen molar-refractivity contribution in [2.24, 2.45) is 0 Å². The van der Waals surface area contributed by atoms with Crippen LogP contribution < -0.4 is 5.32 Å². The maximum absolute atomic E-state index is 11.0. The third kappa shape index (κ3) is 3.24. The van der Waals surface area contributed by atoms with Gasteiger partial charge in [0.2, 0.25) is 0 Å². The number of aryl methyl sites for hydroxylation is 1. The first-order valence-electron chi connectivity index (χ1n) is 5.22. The molecule has 0 fully saturated rings. The van der Waals surface area contributed by atoms with Crippen molar-refractivity contribution in [3.8, 4) is 0 Å². The molecular weight excluding hydrogens is 206 g/mol. The maximum Gasteiger partial charge on any atom is 0.337 e. The fraction of sp³-hybridized carbons (Fsp3) is 0.417. The molecule has 0 heterocycles. The van der Waals surface area contributed by atoms with E-state index in [4.69, 9.17) is 9.84 Å². The number of benzene rings is 1. The van der Waals surface area contributed by atoms with Crippen LogP contribution in [0.2, 0.25) is 0 Å². The van der Waals surface area contributed by atoms with Crippen molar-refractivity contribution >= 4 is 11.7 Å². The standard InChI is InChI=1S/C12H17NO3/c1-9-5-3-6-10(12(14)15)11(9)13-7-4-8-16-2/h3,5-6,13H,4,7-8H2,1-2H3,(H,14,15). The Bertz CT molecular complexity index is 363. The van der Waals surface area contributed by atoms with Gasteiger partial charge in [0.1, 0.15) is 0 Å². The summed E-state index contributed by atoms with van der Waals surface area (Å²) < 4.78 is 4.93. The van der Waals surface area contributed by atoms with Crippen molar-refractivity contribution in [2.75, 3.05) is 25.6 Å². The first-order chi connectivity index (χ1) is 7.66. The molecule has 0 aliphatic rings. The number of hydrogen-bond donors (Lipinski definition) is 2. The molecule has 0 aliphatic carbocycles. The van der Waals surface area contributed by atoms with Crippen molar-refractivity contribution in [1.29, 1.82) is 0 Å². The number of ether oxygens (including phenoxy) is 1. The minimum absolute atomic E-state index is 0.317. The van der Waals surface area contributed by atoms with E-state index in [9.17, 15) is 4.79 Å². The van der Waals surface area contributed by atoms with E-state index in [2.05, 4.69) is 5.32 Å². The summed E-state index contributed by atoms with van der Waals surface area (Å²) in [6.07, 6.45) is 0.851. The second-order valence-corrected chi connectivity index (χ2v) is 3.58. The van der Waals surface area contributed by atoms with E-state index in [1.165, 1.54) is 0 Å². The van der Waals surface area contributed by atoms with E-state index < -0.39 is 5.97 Å². The lowest BCUT2D eigenvalue weighted by atomic mass is 10.1. The van der Waals surface area contributed by atoms with E-state index >= 15 is 0 Å². The summed E-state index contributed by atoms with van der Waals surface area (Å²) in [6.45, 7) is 3.27. The van der Waals surface area contributed by atoms with Gasteiger partial charge in [0.15, 0.2) is 0 Å². The Labute approximate surface area is 95.2 Å². The molecule has 1 aromatic rings. The molecular formula is C12H17NO3. The monoisotopic (exact) mass is 223 g/mol. The number of carboxylic acid groups (broad SMARTS) is 1. The zero-order valence-corrected chi connectivity index (χ0v) is 9.62. The van der Waals surface area contributed by atoms with Crippen LogP contribution in [0.3, 0.4) is 0 Å². The molecule has 88 valence electrons. The number of methoxy groups -OCH3 is 1. The lowest BCUT2D eigenvalue weighted by Gasteiger charge is -2.12. The highest BCUT2D eigenvalue weighted by Gasteiger charge is 2.10. The number of aromatic carboxylic acids is 1. The van der Waals surface area contributed by atoms with Crippen LogP contribution in [0.15, 0.2) is 18.2 Å². The van der Waals surface area contributed by atoms with Gasteiger partial charge in [0.25, 0.3) is 0 Å². The molecule has 0 saturated heterocycles. The van der Waals surface area contributed by atoms with Gasteiger partial charge in [-0.25, -0.2) is 4.79 Å². The second-order valence-electron chi connectivity index (χ2n) is 3.58. The molecule has 0 radical (unpaired) electrons. The van der Waals surface area contributed by atoms with Gasteiger partial charge in [-0.1, -0.05) is 12.1 Å². The molecule has 0 spiro atoms. The normalized spacial score (nSPS) is 10.1. The lowest BCUT2D eigenvalue weighted by Crippen LogP contribution is -2.10. The molecule has 0 saturated carbocycles. The van der Waals surface area contributed by atoms with Crippen LogP contribution in [0, 0.1) is 6.92 Å². The molecule has 4 heteroatoms. The van der Waals surface area contributed by atoms with Crippen LogP contribution in [-0.4, -0.2) is 31.3 Å². The molecule has 0 atom stereocenters. The van der Waals surface area contributed by atoms with Gasteiger partial charge in [-0.3, -0.25) is 0 Å². The van der Waals surface area contributed by atoms with Crippen molar-refractivity contribution in [1.82, 2.24) is 0 Å². The molecule has 16 heavy (non-hydrogen) atoms. The second kappa shape index (κ2) is 6.12. The van der Waals surface area contributed by atoms with Crippen LogP contribution in [0.5, 0.6) is 0 Å². The Balaban J connectivity index is 2.73. The summed E-state index contributed by atoms with van der Waals surface area (Å²) in [6, 6.07) is 5.25. The van der Waals surface area contributed by atoms with Crippen molar-refractivity contribution < 1.29 is 14.6 Å². The summed E-state index contributed by atoms with van der Waals surface area (Å²) in [5, 5.41) is 12.2. The average molecular weight is 223 g/mol. The Morgan fingerprint density at radius 3 is 2.88 bits per heavy atom. The van der Waals surface area contributed by atoms with Crippen molar-refractivity contribution in [2.45, 2.75) is 13.3 Å². The molecule has 2 N–H and O–H groups in total. The van der Waals surface area contributed by atoms with Crippen LogP contribution in [0.1, 0.15) is 22.3 Å². The Hall–Kier alpha value is -1.55. The maximum atomic E-state index is 11.0. The predicted molar refractivity (Wildman–Crippen MR) is 63.1 cm³/mol. The molecule has 1 aromatic carbocycles. The van der Waals surface area contributed by atoms with Gasteiger partial charge >= 0.3 is 5.97 Å². The first-order valence-corrected chi connectivity index (χ1v) is 5.22. The number of carbonyl (C=O) groups is 1. The summed E-state index contributed by atoms with van der Waals surface area (Å²) in [5.74, 6) is -0.905. The number of para-hydroxylation sites is 1. The molecule has 0 amide bonds. The summed E-state index contributed by atoms with van der Waals surface area (Å²) in [5.41, 5.74) is 1.96. The average Bonchev–Trinajstić information content (AvgIpc) is 2.25. The van der Waals surface area contributed by atoms with Gasteiger partial charge in [-0.2, -0.15) is 0 Å². The van der Waals surface area contributed by atoms with Crippen molar-refractivity contribution in [3.05, 3.63) is 29.3 Å². The SMILES string of the molecule is COCCCNc1c(C)cccc1C(=O)O. The number of anilines is 1. The number of rotatable bonds is 6. The highest BCUT2D eigenvalue weighted by atomic mass is 16.5. The van der Waals surface area contributed by atoms with Crippen LogP contribution >= 0.6 is 0 Å². The van der Waals surface area contributed by atoms with E-state index in [1.54, 1.807) is 19.2 Å². The summed E-state index contributed by atoms with van der Waals surface area (Å²) in [7, 11) is 1.65. The van der Waals surface area contributed by atoms with Crippen LogP contribution in [0.25, 0.3) is 0 Å². The third-order valence-electron chi connectivity index (χ3n) is 2.33. The van der Waals surface area contributed by atoms with E-state index in [1.807, 2.05) is 13.0 Å². The predicted octanol–water partition coefficient (Wildman–Crippen LogP) is 2.14. The molecule has 1 rings (SSSR count). The summed E-state index contributed by atoms with van der Waals surface area (Å²) in [4.78, 5) is 11.0. The van der Waals surface area contributed by atoms with Gasteiger partial charge < -0.3 is 15.2 Å². The lowest BCUT2D eigenvalue weighted by molar-refractivity contribution is 0.0698. The molecule has 0 aromatic heterocycles. The number of nitrogens with one attached hydrogen (secondary N) is 1. The minimum Gasteiger partial charge on any atom is -0.478 e. The minimum atomic E-state index is -0.905. The van der Waals surface area contributed by atoms with Gasteiger partial charge in [0.05, 0.1) is 11.3 Å². The van der Waals surface area contributed by atoms with E-state index in [-0.39, 0.29) is 0 Å². The van der Waals surface area contributed by atoms with Gasteiger partial charge in [-0.15, -0.1) is 0 Å². The molecule has 0 aliphatic heterocycles. The van der Waals surface area contributed by atoms with Crippen LogP contribution in [0.4, 0.5) is 5.69 Å². The molecule has 0 unspecified atom stereocenters. The quantitative estimate of drug-likeness (QED) is 0.725. The van der Waals surface area contributed by atoms with Crippen molar-refractivity contribution in [3.63, 3.8) is 0 Å². The number of hydrogen-bond acceptors (Lipinski definition) is 3. The Morgan fingerprint density at radius 2 is 2.25 bits per heavy atom. The fourth-order valence-corrected chi connectivity index (χ4v) is 1.51. The van der Waals surface area contributed by atoms with E-state index in [0.29, 0.717) is 24.4 Å². The Morgan fingerprint density at radius 1 is 1.50 bits per heavy atom. The fourth-order valence-electron chi connectivity index (χ4n) is 1.51. The highest BCUT2D eigenvalue weighted by Crippen LogP contribution is 2.20. The van der Waals surface area contributed by atoms with Crippen LogP contribution in [-0.2, 0) is 4.74 Å². The van der Waals surface area contributed by atoms with Gasteiger partial charge in [-0.05, 0) is 25.0 Å². The number of carboxylic acids is 1. The van der Waals surface area contributed by atoms with E-state index in [0.717, 1.165) is 12.0 Å². The largest absolute Gasteiger partial charge is 0.478 e. The topological polar surface area (TPSA) is 58.6 Å².